The highest BCUT2D eigenvalue weighted by molar-refractivity contribution is 5.64. The number of hydrogen-bond donors (Lipinski definition) is 0. The summed E-state index contributed by atoms with van der Waals surface area (Å²) in [6.07, 6.45) is 5.56. The fourth-order valence-corrected chi connectivity index (χ4v) is 2.64. The molecule has 2 heteroatoms. The summed E-state index contributed by atoms with van der Waals surface area (Å²) in [5.74, 6) is 0. The smallest absolute Gasteiger partial charge is 0.0593 e. The summed E-state index contributed by atoms with van der Waals surface area (Å²) in [7, 11) is 0. The van der Waals surface area contributed by atoms with Gasteiger partial charge in [0.25, 0.3) is 0 Å². The molecular formula is C20H20N2. The molecule has 0 atom stereocenters. The molecule has 0 saturated carbocycles. The van der Waals surface area contributed by atoms with Crippen molar-refractivity contribution in [2.75, 3.05) is 0 Å². The second-order valence-corrected chi connectivity index (χ2v) is 5.72. The van der Waals surface area contributed by atoms with Crippen LogP contribution in [0.15, 0.2) is 60.9 Å². The molecule has 2 nitrogen and oxygen atoms in total. The van der Waals surface area contributed by atoms with Crippen LogP contribution in [0.3, 0.4) is 0 Å². The van der Waals surface area contributed by atoms with E-state index in [1.807, 2.05) is 13.1 Å². The van der Waals surface area contributed by atoms with Gasteiger partial charge in [-0.25, -0.2) is 0 Å². The predicted molar refractivity (Wildman–Crippen MR) is 90.8 cm³/mol. The Morgan fingerprint density at radius 3 is 2.36 bits per heavy atom. The molecule has 0 radical (unpaired) electrons. The molecule has 0 unspecified atom stereocenters. The number of aryl methyl sites for hydroxylation is 4. The Labute approximate surface area is 131 Å². The Balaban J connectivity index is 1.77. The fourth-order valence-electron chi connectivity index (χ4n) is 2.64. The van der Waals surface area contributed by atoms with Gasteiger partial charge in [-0.1, -0.05) is 54.1 Å². The molecule has 0 bridgehead atoms. The van der Waals surface area contributed by atoms with Crippen LogP contribution >= 0.6 is 0 Å². The average molecular weight is 288 g/mol. The van der Waals surface area contributed by atoms with Gasteiger partial charge in [-0.05, 0) is 43.4 Å². The van der Waals surface area contributed by atoms with Crippen LogP contribution in [0.25, 0.3) is 11.1 Å². The van der Waals surface area contributed by atoms with Crippen LogP contribution in [0.1, 0.15) is 22.5 Å². The lowest BCUT2D eigenvalue weighted by Gasteiger charge is -2.07. The molecule has 0 fully saturated rings. The Morgan fingerprint density at radius 1 is 0.818 bits per heavy atom. The van der Waals surface area contributed by atoms with Crippen molar-refractivity contribution in [3.8, 4) is 11.1 Å². The summed E-state index contributed by atoms with van der Waals surface area (Å²) in [4.78, 5) is 8.73. The van der Waals surface area contributed by atoms with E-state index in [1.165, 1.54) is 22.3 Å². The molecule has 3 rings (SSSR count). The molecule has 22 heavy (non-hydrogen) atoms. The lowest BCUT2D eigenvalue weighted by molar-refractivity contribution is 0.885. The zero-order chi connectivity index (χ0) is 15.4. The Morgan fingerprint density at radius 2 is 1.59 bits per heavy atom. The van der Waals surface area contributed by atoms with Crippen molar-refractivity contribution in [1.29, 1.82) is 0 Å². The van der Waals surface area contributed by atoms with Crippen molar-refractivity contribution in [2.45, 2.75) is 26.7 Å². The maximum absolute atomic E-state index is 4.52. The molecule has 0 aliphatic rings. The van der Waals surface area contributed by atoms with Gasteiger partial charge in [0.15, 0.2) is 0 Å². The summed E-state index contributed by atoms with van der Waals surface area (Å²) in [5.41, 5.74) is 7.21. The lowest BCUT2D eigenvalue weighted by atomic mass is 9.99. The summed E-state index contributed by atoms with van der Waals surface area (Å²) in [6, 6.07) is 17.4. The molecule has 0 N–H and O–H groups in total. The van der Waals surface area contributed by atoms with Crippen molar-refractivity contribution < 1.29 is 0 Å². The summed E-state index contributed by atoms with van der Waals surface area (Å²) in [6.45, 7) is 4.11. The highest BCUT2D eigenvalue weighted by Gasteiger charge is 2.02. The molecule has 3 aromatic rings. The number of rotatable bonds is 4. The predicted octanol–water partition coefficient (Wildman–Crippen LogP) is 4.55. The van der Waals surface area contributed by atoms with Gasteiger partial charge in [-0.3, -0.25) is 9.97 Å². The minimum atomic E-state index is 0.923. The van der Waals surface area contributed by atoms with Crippen molar-refractivity contribution in [3.05, 3.63) is 83.4 Å². The van der Waals surface area contributed by atoms with Crippen LogP contribution in [0.2, 0.25) is 0 Å². The van der Waals surface area contributed by atoms with Gasteiger partial charge >= 0.3 is 0 Å². The van der Waals surface area contributed by atoms with E-state index < -0.39 is 0 Å². The van der Waals surface area contributed by atoms with E-state index in [4.69, 9.17) is 0 Å². The Bertz CT molecular complexity index is 778. The molecule has 2 aromatic carbocycles. The first-order chi connectivity index (χ1) is 10.7. The van der Waals surface area contributed by atoms with Crippen molar-refractivity contribution in [1.82, 2.24) is 9.97 Å². The van der Waals surface area contributed by atoms with Crippen LogP contribution in [-0.2, 0) is 12.8 Å². The van der Waals surface area contributed by atoms with Gasteiger partial charge in [-0.15, -0.1) is 0 Å². The first-order valence-electron chi connectivity index (χ1n) is 7.64. The van der Waals surface area contributed by atoms with E-state index >= 15 is 0 Å². The van der Waals surface area contributed by atoms with E-state index in [2.05, 4.69) is 65.4 Å². The normalized spacial score (nSPS) is 10.6. The molecule has 0 saturated heterocycles. The van der Waals surface area contributed by atoms with Crippen molar-refractivity contribution >= 4 is 0 Å². The van der Waals surface area contributed by atoms with Crippen LogP contribution in [0, 0.1) is 13.8 Å². The number of hydrogen-bond acceptors (Lipinski definition) is 2. The lowest BCUT2D eigenvalue weighted by Crippen LogP contribution is -1.97. The third kappa shape index (κ3) is 3.59. The van der Waals surface area contributed by atoms with Crippen LogP contribution in [0.5, 0.6) is 0 Å². The molecule has 0 aliphatic carbocycles. The van der Waals surface area contributed by atoms with E-state index in [-0.39, 0.29) is 0 Å². The minimum absolute atomic E-state index is 0.923. The maximum Gasteiger partial charge on any atom is 0.0593 e. The SMILES string of the molecule is Cc1cccc(-c2cccc(CCc3cncc(C)n3)c2)c1. The van der Waals surface area contributed by atoms with Gasteiger partial charge in [0.2, 0.25) is 0 Å². The second kappa shape index (κ2) is 6.52. The molecule has 0 spiro atoms. The van der Waals surface area contributed by atoms with E-state index in [9.17, 15) is 0 Å². The molecule has 0 aliphatic heterocycles. The molecular weight excluding hydrogens is 268 g/mol. The molecule has 1 aromatic heterocycles. The van der Waals surface area contributed by atoms with E-state index in [0.717, 1.165) is 24.2 Å². The average Bonchev–Trinajstić information content (AvgIpc) is 2.53. The van der Waals surface area contributed by atoms with Gasteiger partial charge in [0.05, 0.1) is 11.4 Å². The number of benzene rings is 2. The Kier molecular flexibility index (Phi) is 4.29. The standard InChI is InChI=1S/C20H20N2/c1-15-5-3-7-18(11-15)19-8-4-6-17(12-19)9-10-20-14-21-13-16(2)22-20/h3-8,11-14H,9-10H2,1-2H3. The van der Waals surface area contributed by atoms with Gasteiger partial charge in [0.1, 0.15) is 0 Å². The molecule has 1 heterocycles. The monoisotopic (exact) mass is 288 g/mol. The second-order valence-electron chi connectivity index (χ2n) is 5.72. The third-order valence-corrected chi connectivity index (χ3v) is 3.75. The summed E-state index contributed by atoms with van der Waals surface area (Å²) < 4.78 is 0. The topological polar surface area (TPSA) is 25.8 Å². The highest BCUT2D eigenvalue weighted by Crippen LogP contribution is 2.22. The van der Waals surface area contributed by atoms with Gasteiger partial charge < -0.3 is 0 Å². The van der Waals surface area contributed by atoms with Crippen LogP contribution < -0.4 is 0 Å². The van der Waals surface area contributed by atoms with Crippen molar-refractivity contribution in [3.63, 3.8) is 0 Å². The molecule has 0 amide bonds. The fraction of sp³-hybridized carbons (Fsp3) is 0.200. The number of nitrogens with zero attached hydrogens (tertiary/aromatic N) is 2. The number of aromatic nitrogens is 2. The quantitative estimate of drug-likeness (QED) is 0.704. The van der Waals surface area contributed by atoms with E-state index in [1.54, 1.807) is 6.20 Å². The highest BCUT2D eigenvalue weighted by atomic mass is 14.8. The molecule has 110 valence electrons. The van der Waals surface area contributed by atoms with Gasteiger partial charge in [-0.2, -0.15) is 0 Å². The first-order valence-corrected chi connectivity index (χ1v) is 7.64. The maximum atomic E-state index is 4.52. The zero-order valence-electron chi connectivity index (χ0n) is 13.1. The Hall–Kier alpha value is -2.48. The van der Waals surface area contributed by atoms with Crippen molar-refractivity contribution in [2.24, 2.45) is 0 Å². The third-order valence-electron chi connectivity index (χ3n) is 3.75. The van der Waals surface area contributed by atoms with Gasteiger partial charge in [0, 0.05) is 12.4 Å². The minimum Gasteiger partial charge on any atom is -0.261 e. The summed E-state index contributed by atoms with van der Waals surface area (Å²) in [5, 5.41) is 0. The van der Waals surface area contributed by atoms with Crippen LogP contribution in [-0.4, -0.2) is 9.97 Å². The zero-order valence-corrected chi connectivity index (χ0v) is 13.1. The first kappa shape index (κ1) is 14.5. The largest absolute Gasteiger partial charge is 0.261 e. The van der Waals surface area contributed by atoms with E-state index in [0.29, 0.717) is 0 Å². The van der Waals surface area contributed by atoms with Crippen LogP contribution in [0.4, 0.5) is 0 Å². The summed E-state index contributed by atoms with van der Waals surface area (Å²) >= 11 is 0.